The molecule has 0 aliphatic carbocycles. The van der Waals surface area contributed by atoms with Crippen LogP contribution in [0.4, 0.5) is 11.8 Å². The van der Waals surface area contributed by atoms with Crippen molar-refractivity contribution in [2.45, 2.75) is 6.42 Å². The summed E-state index contributed by atoms with van der Waals surface area (Å²) < 4.78 is 0. The summed E-state index contributed by atoms with van der Waals surface area (Å²) in [5, 5.41) is 3.57. The first-order valence-electron chi connectivity index (χ1n) is 5.34. The molecule has 16 heavy (non-hydrogen) atoms. The Bertz CT molecular complexity index is 353. The fraction of sp³-hybridized carbons (Fsp3) is 0.600. The molecule has 0 bridgehead atoms. The zero-order valence-corrected chi connectivity index (χ0v) is 10.8. The lowest BCUT2D eigenvalue weighted by Crippen LogP contribution is -2.27. The van der Waals surface area contributed by atoms with Crippen molar-refractivity contribution in [1.29, 1.82) is 0 Å². The summed E-state index contributed by atoms with van der Waals surface area (Å²) in [4.78, 5) is 10.7. The minimum atomic E-state index is 0.622. The van der Waals surface area contributed by atoms with E-state index in [2.05, 4.69) is 20.2 Å². The third kappa shape index (κ3) is 2.71. The summed E-state index contributed by atoms with van der Waals surface area (Å²) in [6, 6.07) is 0. The van der Waals surface area contributed by atoms with Crippen LogP contribution in [0.5, 0.6) is 0 Å². The number of hydrogen-bond donors (Lipinski definition) is 1. The number of nitrogens with one attached hydrogen (secondary N) is 1. The summed E-state index contributed by atoms with van der Waals surface area (Å²) in [6.07, 6.45) is 2.84. The lowest BCUT2D eigenvalue weighted by molar-refractivity contribution is 0.799. The lowest BCUT2D eigenvalue weighted by Gasteiger charge is -2.22. The van der Waals surface area contributed by atoms with E-state index in [0.717, 1.165) is 24.7 Å². The lowest BCUT2D eigenvalue weighted by atomic mass is 10.4. The van der Waals surface area contributed by atoms with Crippen LogP contribution < -0.4 is 10.2 Å². The van der Waals surface area contributed by atoms with E-state index in [1.54, 1.807) is 6.20 Å². The Morgan fingerprint density at radius 1 is 1.44 bits per heavy atom. The molecular weight excluding hydrogens is 244 g/mol. The van der Waals surface area contributed by atoms with E-state index in [4.69, 9.17) is 11.6 Å². The first kappa shape index (κ1) is 11.8. The molecule has 1 aromatic rings. The molecule has 0 atom stereocenters. The highest BCUT2D eigenvalue weighted by molar-refractivity contribution is 7.99. The van der Waals surface area contributed by atoms with Crippen LogP contribution in [0.2, 0.25) is 5.02 Å². The summed E-state index contributed by atoms with van der Waals surface area (Å²) in [7, 11) is 1.81. The highest BCUT2D eigenvalue weighted by Crippen LogP contribution is 2.25. The number of anilines is 2. The summed E-state index contributed by atoms with van der Waals surface area (Å²) in [5.74, 6) is 3.83. The highest BCUT2D eigenvalue weighted by Gasteiger charge is 2.15. The van der Waals surface area contributed by atoms with E-state index in [1.807, 2.05) is 18.8 Å². The van der Waals surface area contributed by atoms with Crippen LogP contribution in [0.15, 0.2) is 6.20 Å². The van der Waals surface area contributed by atoms with Gasteiger partial charge in [0.2, 0.25) is 5.95 Å². The van der Waals surface area contributed by atoms with Gasteiger partial charge in [0, 0.05) is 25.9 Å². The molecule has 2 heterocycles. The van der Waals surface area contributed by atoms with E-state index in [9.17, 15) is 0 Å². The van der Waals surface area contributed by atoms with Crippen molar-refractivity contribution in [3.05, 3.63) is 11.2 Å². The van der Waals surface area contributed by atoms with Gasteiger partial charge in [0.1, 0.15) is 5.02 Å². The molecule has 0 unspecified atom stereocenters. The zero-order valence-electron chi connectivity index (χ0n) is 9.24. The molecule has 6 heteroatoms. The molecule has 1 fully saturated rings. The smallest absolute Gasteiger partial charge is 0.224 e. The van der Waals surface area contributed by atoms with Crippen LogP contribution in [0, 0.1) is 0 Å². The standard InChI is InChI=1S/C10H15ClN4S/c1-12-10-13-7-8(11)9(14-10)15-3-2-5-16-6-4-15/h7H,2-6H2,1H3,(H,12,13,14). The minimum Gasteiger partial charge on any atom is -0.357 e. The van der Waals surface area contributed by atoms with Gasteiger partial charge in [-0.1, -0.05) is 11.6 Å². The third-order valence-electron chi connectivity index (χ3n) is 2.47. The average molecular weight is 259 g/mol. The molecule has 0 aromatic carbocycles. The van der Waals surface area contributed by atoms with Gasteiger partial charge in [0.25, 0.3) is 0 Å². The third-order valence-corrected chi connectivity index (χ3v) is 3.79. The SMILES string of the molecule is CNc1ncc(Cl)c(N2CCCSCC2)n1. The van der Waals surface area contributed by atoms with Crippen molar-refractivity contribution in [3.8, 4) is 0 Å². The van der Waals surface area contributed by atoms with E-state index >= 15 is 0 Å². The van der Waals surface area contributed by atoms with Gasteiger partial charge < -0.3 is 10.2 Å². The second-order valence-corrected chi connectivity index (χ2v) is 5.20. The van der Waals surface area contributed by atoms with Crippen molar-refractivity contribution >= 4 is 35.1 Å². The molecule has 0 radical (unpaired) electrons. The molecule has 2 rings (SSSR count). The zero-order chi connectivity index (χ0) is 11.4. The topological polar surface area (TPSA) is 41.1 Å². The summed E-state index contributed by atoms with van der Waals surface area (Å²) >= 11 is 8.12. The van der Waals surface area contributed by atoms with Crippen LogP contribution in [-0.4, -0.2) is 41.6 Å². The molecule has 0 spiro atoms. The van der Waals surface area contributed by atoms with Gasteiger partial charge in [-0.2, -0.15) is 16.7 Å². The van der Waals surface area contributed by atoms with Crippen LogP contribution in [0.25, 0.3) is 0 Å². The molecule has 1 N–H and O–H groups in total. The largest absolute Gasteiger partial charge is 0.357 e. The van der Waals surface area contributed by atoms with Gasteiger partial charge in [-0.15, -0.1) is 0 Å². The fourth-order valence-electron chi connectivity index (χ4n) is 1.66. The number of halogens is 1. The maximum absolute atomic E-state index is 6.14. The molecular formula is C10H15ClN4S. The van der Waals surface area contributed by atoms with E-state index in [1.165, 1.54) is 12.2 Å². The van der Waals surface area contributed by atoms with Gasteiger partial charge in [-0.25, -0.2) is 4.98 Å². The second kappa shape index (κ2) is 5.59. The Morgan fingerprint density at radius 2 is 2.31 bits per heavy atom. The quantitative estimate of drug-likeness (QED) is 0.880. The molecule has 0 saturated carbocycles. The Morgan fingerprint density at radius 3 is 3.12 bits per heavy atom. The predicted octanol–water partition coefficient (Wildman–Crippen LogP) is 2.11. The van der Waals surface area contributed by atoms with Gasteiger partial charge in [-0.3, -0.25) is 0 Å². The molecule has 1 aliphatic heterocycles. The Kier molecular flexibility index (Phi) is 4.12. The van der Waals surface area contributed by atoms with Crippen LogP contribution >= 0.6 is 23.4 Å². The molecule has 1 saturated heterocycles. The highest BCUT2D eigenvalue weighted by atomic mass is 35.5. The fourth-order valence-corrected chi connectivity index (χ4v) is 2.76. The van der Waals surface area contributed by atoms with Crippen LogP contribution in [-0.2, 0) is 0 Å². The van der Waals surface area contributed by atoms with Gasteiger partial charge in [0.15, 0.2) is 5.82 Å². The van der Waals surface area contributed by atoms with E-state index in [-0.39, 0.29) is 0 Å². The van der Waals surface area contributed by atoms with Crippen LogP contribution in [0.1, 0.15) is 6.42 Å². The second-order valence-electron chi connectivity index (χ2n) is 3.57. The Hall–Kier alpha value is -0.680. The Labute approximate surface area is 105 Å². The number of hydrogen-bond acceptors (Lipinski definition) is 5. The van der Waals surface area contributed by atoms with Crippen molar-refractivity contribution in [2.24, 2.45) is 0 Å². The number of thioether (sulfide) groups is 1. The van der Waals surface area contributed by atoms with Crippen molar-refractivity contribution < 1.29 is 0 Å². The Balaban J connectivity index is 2.22. The molecule has 1 aromatic heterocycles. The molecule has 4 nitrogen and oxygen atoms in total. The predicted molar refractivity (Wildman–Crippen MR) is 70.7 cm³/mol. The van der Waals surface area contributed by atoms with Crippen molar-refractivity contribution in [3.63, 3.8) is 0 Å². The number of rotatable bonds is 2. The van der Waals surface area contributed by atoms with E-state index in [0.29, 0.717) is 11.0 Å². The van der Waals surface area contributed by atoms with E-state index < -0.39 is 0 Å². The maximum atomic E-state index is 6.14. The van der Waals surface area contributed by atoms with Gasteiger partial charge in [0.05, 0.1) is 6.20 Å². The first-order chi connectivity index (χ1) is 7.81. The van der Waals surface area contributed by atoms with Gasteiger partial charge in [-0.05, 0) is 12.2 Å². The summed E-state index contributed by atoms with van der Waals surface area (Å²) in [6.45, 7) is 2.03. The average Bonchev–Trinajstić information content (AvgIpc) is 2.58. The summed E-state index contributed by atoms with van der Waals surface area (Å²) in [5.41, 5.74) is 0. The first-order valence-corrected chi connectivity index (χ1v) is 6.87. The van der Waals surface area contributed by atoms with Gasteiger partial charge >= 0.3 is 0 Å². The minimum absolute atomic E-state index is 0.622. The van der Waals surface area contributed by atoms with Crippen molar-refractivity contribution in [2.75, 3.05) is 41.9 Å². The number of aromatic nitrogens is 2. The number of nitrogens with zero attached hydrogens (tertiary/aromatic N) is 3. The monoisotopic (exact) mass is 258 g/mol. The van der Waals surface area contributed by atoms with Crippen molar-refractivity contribution in [1.82, 2.24) is 9.97 Å². The maximum Gasteiger partial charge on any atom is 0.224 e. The van der Waals surface area contributed by atoms with Crippen LogP contribution in [0.3, 0.4) is 0 Å². The molecule has 1 aliphatic rings. The molecule has 88 valence electrons. The molecule has 0 amide bonds. The normalized spacial score (nSPS) is 17.0.